The number of hydrogen-bond acceptors (Lipinski definition) is 5. The van der Waals surface area contributed by atoms with Gasteiger partial charge in [-0.05, 0) is 182 Å². The molecule has 0 unspecified atom stereocenters. The standard InChI is InChI=1S/C15H16BrFIN.C10H16O2.C6H4BrFIN.ClH.H3N/c16-12-7-10(14(18)8-13(12)17)9-19-11-1-3-15(4-2-11)5-6-15;1-2-9(1)3-5-10(6-4-9)11-7-8-12-10;7-3-1-6(10)5(9)2-4(3)8;;/h7-8H,1-6,9H2;1-8H2;1-2H,10H2;1H;1H3. The molecule has 0 atom stereocenters. The molecule has 0 bridgehead atoms. The van der Waals surface area contributed by atoms with Gasteiger partial charge in [0.15, 0.2) is 5.79 Å². The van der Waals surface area contributed by atoms with Crippen molar-refractivity contribution in [1.29, 1.82) is 0 Å². The van der Waals surface area contributed by atoms with E-state index in [0.717, 1.165) is 44.2 Å². The maximum absolute atomic E-state index is 13.4. The van der Waals surface area contributed by atoms with Gasteiger partial charge in [0.05, 0.1) is 28.7 Å². The predicted octanol–water partition coefficient (Wildman–Crippen LogP) is 10.9. The SMILES string of the molecule is C1COC2(CCC3(CC3)CC2)O1.Cl.Fc1cc(I)c(CN=C2CCC3(CC2)CC3)cc1Br.N.Nc1cc(Br)c(F)cc1I. The molecule has 1 aliphatic heterocycles. The van der Waals surface area contributed by atoms with E-state index in [1.54, 1.807) is 12.1 Å². The molecule has 5 fully saturated rings. The summed E-state index contributed by atoms with van der Waals surface area (Å²) in [6.45, 7) is 2.31. The molecule has 0 amide bonds. The second-order valence-corrected chi connectivity index (χ2v) is 16.2. The molecule has 240 valence electrons. The van der Waals surface area contributed by atoms with Crippen LogP contribution in [0.4, 0.5) is 14.5 Å². The van der Waals surface area contributed by atoms with E-state index in [2.05, 4.69) is 54.5 Å². The van der Waals surface area contributed by atoms with E-state index >= 15 is 0 Å². The number of rotatable bonds is 2. The molecule has 4 aliphatic carbocycles. The van der Waals surface area contributed by atoms with Crippen LogP contribution < -0.4 is 11.9 Å². The quantitative estimate of drug-likeness (QED) is 0.178. The molecular weight excluding hydrogens is 933 g/mol. The maximum Gasteiger partial charge on any atom is 0.168 e. The molecule has 5 aliphatic rings. The third-order valence-electron chi connectivity index (χ3n) is 9.29. The summed E-state index contributed by atoms with van der Waals surface area (Å²) in [6, 6.07) is 6.36. The topological polar surface area (TPSA) is 91.8 Å². The molecule has 5 N–H and O–H groups in total. The van der Waals surface area contributed by atoms with E-state index in [0.29, 0.717) is 26.6 Å². The Morgan fingerprint density at radius 1 is 0.744 bits per heavy atom. The first-order valence-corrected chi connectivity index (χ1v) is 18.1. The van der Waals surface area contributed by atoms with Gasteiger partial charge in [-0.1, -0.05) is 0 Å². The fourth-order valence-corrected chi connectivity index (χ4v) is 7.73. The minimum atomic E-state index is -0.279. The molecule has 1 saturated heterocycles. The molecule has 5 nitrogen and oxygen atoms in total. The number of aliphatic imine (C=N–C) groups is 1. The van der Waals surface area contributed by atoms with Crippen molar-refractivity contribution < 1.29 is 18.3 Å². The summed E-state index contributed by atoms with van der Waals surface area (Å²) in [6.07, 6.45) is 15.8. The Bertz CT molecular complexity index is 1230. The van der Waals surface area contributed by atoms with Gasteiger partial charge in [0.1, 0.15) is 11.6 Å². The van der Waals surface area contributed by atoms with Crippen molar-refractivity contribution in [2.45, 2.75) is 89.4 Å². The molecule has 0 aromatic heterocycles. The highest BCUT2D eigenvalue weighted by Crippen LogP contribution is 2.59. The molecule has 12 heteroatoms. The number of anilines is 1. The first-order valence-electron chi connectivity index (χ1n) is 14.4. The van der Waals surface area contributed by atoms with Crippen LogP contribution in [0.5, 0.6) is 0 Å². The summed E-state index contributed by atoms with van der Waals surface area (Å²) in [5.41, 5.74) is 10.0. The normalized spacial score (nSPS) is 21.5. The Labute approximate surface area is 304 Å². The lowest BCUT2D eigenvalue weighted by atomic mass is 9.82. The Kier molecular flexibility index (Phi) is 14.0. The third kappa shape index (κ3) is 10.2. The highest BCUT2D eigenvalue weighted by Gasteiger charge is 2.51. The number of halogens is 7. The number of ether oxygens (including phenoxy) is 2. The number of nitrogen functional groups attached to an aromatic ring is 1. The molecule has 43 heavy (non-hydrogen) atoms. The van der Waals surface area contributed by atoms with Crippen molar-refractivity contribution in [3.63, 3.8) is 0 Å². The van der Waals surface area contributed by atoms with Crippen LogP contribution in [0, 0.1) is 29.6 Å². The zero-order valence-electron chi connectivity index (χ0n) is 24.1. The van der Waals surface area contributed by atoms with Crippen molar-refractivity contribution >= 4 is 101 Å². The van der Waals surface area contributed by atoms with Gasteiger partial charge in [0.25, 0.3) is 0 Å². The van der Waals surface area contributed by atoms with Gasteiger partial charge in [0.2, 0.25) is 0 Å². The second-order valence-electron chi connectivity index (χ2n) is 12.1. The van der Waals surface area contributed by atoms with Gasteiger partial charge < -0.3 is 21.4 Å². The van der Waals surface area contributed by atoms with E-state index in [4.69, 9.17) is 20.2 Å². The van der Waals surface area contributed by atoms with E-state index in [9.17, 15) is 8.78 Å². The molecule has 2 aromatic carbocycles. The van der Waals surface area contributed by atoms with Crippen molar-refractivity contribution in [2.24, 2.45) is 15.8 Å². The van der Waals surface area contributed by atoms with Crippen LogP contribution in [0.15, 0.2) is 38.2 Å². The molecule has 3 spiro atoms. The van der Waals surface area contributed by atoms with Crippen LogP contribution in [0.3, 0.4) is 0 Å². The average molecular weight is 974 g/mol. The van der Waals surface area contributed by atoms with Gasteiger partial charge >= 0.3 is 0 Å². The monoisotopic (exact) mass is 971 g/mol. The van der Waals surface area contributed by atoms with Crippen LogP contribution in [-0.4, -0.2) is 24.7 Å². The summed E-state index contributed by atoms with van der Waals surface area (Å²) in [4.78, 5) is 4.75. The fourth-order valence-electron chi connectivity index (χ4n) is 5.95. The van der Waals surface area contributed by atoms with Crippen LogP contribution in [0.2, 0.25) is 0 Å². The van der Waals surface area contributed by atoms with E-state index in [1.165, 1.54) is 76.0 Å². The van der Waals surface area contributed by atoms with Gasteiger partial charge in [0, 0.05) is 31.4 Å². The molecule has 2 aromatic rings. The lowest BCUT2D eigenvalue weighted by Gasteiger charge is -2.35. The van der Waals surface area contributed by atoms with E-state index in [1.807, 2.05) is 28.7 Å². The van der Waals surface area contributed by atoms with Crippen molar-refractivity contribution in [3.05, 3.63) is 57.5 Å². The number of hydrogen-bond donors (Lipinski definition) is 2. The first kappa shape index (κ1) is 37.8. The summed E-state index contributed by atoms with van der Waals surface area (Å²) in [5.74, 6) is -0.610. The molecular formula is C31H40Br2ClF2I2N3O2. The summed E-state index contributed by atoms with van der Waals surface area (Å²) in [7, 11) is 0. The van der Waals surface area contributed by atoms with Crippen LogP contribution in [0.1, 0.15) is 82.6 Å². The van der Waals surface area contributed by atoms with Crippen molar-refractivity contribution in [1.82, 2.24) is 6.15 Å². The molecule has 4 saturated carbocycles. The van der Waals surface area contributed by atoms with Crippen molar-refractivity contribution in [3.8, 4) is 0 Å². The third-order valence-corrected chi connectivity index (χ3v) is 12.4. The Hall–Kier alpha value is 0.360. The maximum atomic E-state index is 13.4. The molecule has 7 rings (SSSR count). The zero-order chi connectivity index (χ0) is 29.3. The Balaban J connectivity index is 0.000000183. The highest BCUT2D eigenvalue weighted by atomic mass is 127. The summed E-state index contributed by atoms with van der Waals surface area (Å²) >= 11 is 10.4. The zero-order valence-corrected chi connectivity index (χ0v) is 32.4. The van der Waals surface area contributed by atoms with E-state index in [-0.39, 0.29) is 36.0 Å². The largest absolute Gasteiger partial charge is 0.398 e. The summed E-state index contributed by atoms with van der Waals surface area (Å²) in [5, 5.41) is 0. The lowest BCUT2D eigenvalue weighted by Crippen LogP contribution is -2.35. The van der Waals surface area contributed by atoms with Gasteiger partial charge in [-0.25, -0.2) is 8.78 Å². The van der Waals surface area contributed by atoms with Gasteiger partial charge in [-0.3, -0.25) is 4.99 Å². The van der Waals surface area contributed by atoms with Crippen LogP contribution in [-0.2, 0) is 16.0 Å². The predicted molar refractivity (Wildman–Crippen MR) is 196 cm³/mol. The number of nitrogens with zero attached hydrogens (tertiary/aromatic N) is 1. The van der Waals surface area contributed by atoms with Gasteiger partial charge in [-0.15, -0.1) is 12.4 Å². The number of benzene rings is 2. The highest BCUT2D eigenvalue weighted by molar-refractivity contribution is 14.1. The van der Waals surface area contributed by atoms with Gasteiger partial charge in [-0.2, -0.15) is 0 Å². The average Bonchev–Trinajstić information content (AvgIpc) is 3.86. The number of nitrogens with two attached hydrogens (primary N) is 1. The summed E-state index contributed by atoms with van der Waals surface area (Å²) < 4.78 is 40.0. The second kappa shape index (κ2) is 16.0. The smallest absolute Gasteiger partial charge is 0.168 e. The van der Waals surface area contributed by atoms with Crippen LogP contribution >= 0.6 is 89.4 Å². The van der Waals surface area contributed by atoms with Crippen molar-refractivity contribution in [2.75, 3.05) is 18.9 Å². The Morgan fingerprint density at radius 3 is 1.72 bits per heavy atom. The molecule has 0 radical (unpaired) electrons. The minimum Gasteiger partial charge on any atom is -0.398 e. The molecule has 1 heterocycles. The first-order chi connectivity index (χ1) is 19.5. The Morgan fingerprint density at radius 2 is 1.21 bits per heavy atom. The van der Waals surface area contributed by atoms with Crippen LogP contribution in [0.25, 0.3) is 0 Å². The minimum absolute atomic E-state index is 0. The lowest BCUT2D eigenvalue weighted by molar-refractivity contribution is -0.184. The fraction of sp³-hybridized carbons (Fsp3) is 0.581. The van der Waals surface area contributed by atoms with E-state index < -0.39 is 0 Å².